The summed E-state index contributed by atoms with van der Waals surface area (Å²) in [6.07, 6.45) is 2.68. The van der Waals surface area contributed by atoms with E-state index in [-0.39, 0.29) is 11.3 Å². The van der Waals surface area contributed by atoms with Gasteiger partial charge in [-0.2, -0.15) is 0 Å². The number of aromatic carboxylic acids is 1. The second-order valence-corrected chi connectivity index (χ2v) is 6.92. The number of rotatable bonds is 5. The Bertz CT molecular complexity index is 786. The Morgan fingerprint density at radius 3 is 2.65 bits per heavy atom. The summed E-state index contributed by atoms with van der Waals surface area (Å²) in [5, 5.41) is 12.5. The minimum atomic E-state index is -1.03. The van der Waals surface area contributed by atoms with Gasteiger partial charge in [0.15, 0.2) is 5.89 Å². The van der Waals surface area contributed by atoms with E-state index in [1.807, 2.05) is 13.8 Å². The largest absolute Gasteiger partial charge is 0.478 e. The molecule has 6 nitrogen and oxygen atoms in total. The molecule has 1 amide bonds. The van der Waals surface area contributed by atoms with Gasteiger partial charge in [0.05, 0.1) is 11.3 Å². The summed E-state index contributed by atoms with van der Waals surface area (Å²) in [6.45, 7) is 5.48. The van der Waals surface area contributed by atoms with E-state index in [4.69, 9.17) is 4.42 Å². The summed E-state index contributed by atoms with van der Waals surface area (Å²) in [5.74, 6) is -0.404. The highest BCUT2D eigenvalue weighted by Gasteiger charge is 2.31. The van der Waals surface area contributed by atoms with Crippen molar-refractivity contribution in [3.05, 3.63) is 33.3 Å². The fraction of sp³-hybridized carbons (Fsp3) is 0.438. The number of thiophene rings is 1. The van der Waals surface area contributed by atoms with Crippen LogP contribution in [0.4, 0.5) is 5.00 Å². The smallest absolute Gasteiger partial charge is 0.339 e. The molecule has 0 radical (unpaired) electrons. The minimum absolute atomic E-state index is 0.160. The summed E-state index contributed by atoms with van der Waals surface area (Å²) in [4.78, 5) is 29.2. The van der Waals surface area contributed by atoms with Crippen molar-refractivity contribution < 1.29 is 19.1 Å². The molecule has 2 aromatic heterocycles. The van der Waals surface area contributed by atoms with Crippen LogP contribution >= 0.6 is 11.3 Å². The number of amides is 1. The molecule has 1 aliphatic rings. The topological polar surface area (TPSA) is 92.4 Å². The number of nitrogens with one attached hydrogen (secondary N) is 1. The molecule has 2 N–H and O–H groups in total. The number of nitrogens with zero attached hydrogens (tertiary/aromatic N) is 1. The van der Waals surface area contributed by atoms with Crippen molar-refractivity contribution >= 4 is 28.2 Å². The van der Waals surface area contributed by atoms with Crippen LogP contribution in [-0.4, -0.2) is 22.0 Å². The van der Waals surface area contributed by atoms with Gasteiger partial charge in [-0.1, -0.05) is 6.92 Å². The van der Waals surface area contributed by atoms with E-state index in [1.54, 1.807) is 6.92 Å². The first-order valence-corrected chi connectivity index (χ1v) is 8.38. The molecule has 122 valence electrons. The van der Waals surface area contributed by atoms with Gasteiger partial charge in [0.2, 0.25) is 5.76 Å². The maximum Gasteiger partial charge on any atom is 0.339 e. The number of oxazole rings is 1. The molecule has 7 heteroatoms. The minimum Gasteiger partial charge on any atom is -0.478 e. The molecule has 0 bridgehead atoms. The molecule has 0 saturated heterocycles. The van der Waals surface area contributed by atoms with Crippen LogP contribution in [0.15, 0.2) is 4.42 Å². The normalized spacial score (nSPS) is 14.0. The predicted molar refractivity (Wildman–Crippen MR) is 86.6 cm³/mol. The lowest BCUT2D eigenvalue weighted by molar-refractivity contribution is 0.0697. The molecular weight excluding hydrogens is 316 g/mol. The summed E-state index contributed by atoms with van der Waals surface area (Å²) in [6, 6.07) is 0. The summed E-state index contributed by atoms with van der Waals surface area (Å²) in [7, 11) is 0. The van der Waals surface area contributed by atoms with E-state index in [0.717, 1.165) is 23.3 Å². The van der Waals surface area contributed by atoms with E-state index >= 15 is 0 Å². The average molecular weight is 334 g/mol. The Kier molecular flexibility index (Phi) is 3.97. The van der Waals surface area contributed by atoms with Crippen LogP contribution in [0.1, 0.15) is 68.6 Å². The van der Waals surface area contributed by atoms with Crippen LogP contribution in [0.3, 0.4) is 0 Å². The third kappa shape index (κ3) is 2.88. The van der Waals surface area contributed by atoms with Crippen LogP contribution in [0.5, 0.6) is 0 Å². The van der Waals surface area contributed by atoms with Crippen LogP contribution < -0.4 is 5.32 Å². The molecular formula is C16H18N2O4S. The van der Waals surface area contributed by atoms with E-state index in [1.165, 1.54) is 11.3 Å². The van der Waals surface area contributed by atoms with Gasteiger partial charge < -0.3 is 14.8 Å². The van der Waals surface area contributed by atoms with Gasteiger partial charge in [-0.05, 0) is 38.7 Å². The number of hydrogen-bond acceptors (Lipinski definition) is 5. The highest BCUT2D eigenvalue weighted by atomic mass is 32.1. The van der Waals surface area contributed by atoms with Crippen LogP contribution in [0.2, 0.25) is 0 Å². The molecule has 3 rings (SSSR count). The maximum absolute atomic E-state index is 12.4. The van der Waals surface area contributed by atoms with E-state index in [0.29, 0.717) is 28.9 Å². The van der Waals surface area contributed by atoms with E-state index in [9.17, 15) is 14.7 Å². The zero-order valence-electron chi connectivity index (χ0n) is 13.2. The molecule has 1 fully saturated rings. The van der Waals surface area contributed by atoms with Gasteiger partial charge in [0, 0.05) is 10.8 Å². The van der Waals surface area contributed by atoms with Crippen molar-refractivity contribution in [2.24, 2.45) is 0 Å². The zero-order chi connectivity index (χ0) is 16.7. The Balaban J connectivity index is 1.89. The Hall–Kier alpha value is -2.15. The van der Waals surface area contributed by atoms with Crippen LogP contribution in [0.25, 0.3) is 0 Å². The third-order valence-corrected chi connectivity index (χ3v) is 5.01. The fourth-order valence-corrected chi connectivity index (χ4v) is 3.74. The Labute approximate surface area is 137 Å². The molecule has 23 heavy (non-hydrogen) atoms. The Morgan fingerprint density at radius 1 is 1.39 bits per heavy atom. The van der Waals surface area contributed by atoms with Crippen molar-refractivity contribution in [1.29, 1.82) is 0 Å². The lowest BCUT2D eigenvalue weighted by Crippen LogP contribution is -2.14. The monoisotopic (exact) mass is 334 g/mol. The number of aryl methyl sites for hydroxylation is 2. The zero-order valence-corrected chi connectivity index (χ0v) is 14.0. The summed E-state index contributed by atoms with van der Waals surface area (Å²) in [5.41, 5.74) is 1.46. The molecule has 0 aromatic carbocycles. The number of carbonyl (C=O) groups excluding carboxylic acids is 1. The quantitative estimate of drug-likeness (QED) is 0.869. The first-order valence-electron chi connectivity index (χ1n) is 7.56. The van der Waals surface area contributed by atoms with Gasteiger partial charge in [-0.15, -0.1) is 11.3 Å². The second kappa shape index (κ2) is 5.81. The second-order valence-electron chi connectivity index (χ2n) is 5.69. The lowest BCUT2D eigenvalue weighted by Gasteiger charge is -2.03. The van der Waals surface area contributed by atoms with Crippen LogP contribution in [-0.2, 0) is 6.42 Å². The van der Waals surface area contributed by atoms with Crippen molar-refractivity contribution in [2.75, 3.05) is 5.32 Å². The molecule has 0 unspecified atom stereocenters. The molecule has 2 aromatic rings. The molecule has 0 aliphatic heterocycles. The van der Waals surface area contributed by atoms with Crippen LogP contribution in [0, 0.1) is 13.8 Å². The van der Waals surface area contributed by atoms with E-state index in [2.05, 4.69) is 10.3 Å². The fourth-order valence-electron chi connectivity index (χ4n) is 2.61. The number of hydrogen-bond donors (Lipinski definition) is 2. The van der Waals surface area contributed by atoms with Crippen molar-refractivity contribution in [3.63, 3.8) is 0 Å². The van der Waals surface area contributed by atoms with Gasteiger partial charge in [-0.3, -0.25) is 4.79 Å². The predicted octanol–water partition coefficient (Wildman–Crippen LogP) is 3.74. The highest BCUT2D eigenvalue weighted by Crippen LogP contribution is 2.40. The number of carbonyl (C=O) groups is 2. The number of aromatic nitrogens is 1. The van der Waals surface area contributed by atoms with Crippen molar-refractivity contribution in [3.8, 4) is 0 Å². The molecule has 0 atom stereocenters. The third-order valence-electron chi connectivity index (χ3n) is 3.95. The summed E-state index contributed by atoms with van der Waals surface area (Å²) < 4.78 is 5.57. The molecule has 1 saturated carbocycles. The van der Waals surface area contributed by atoms with E-state index < -0.39 is 11.9 Å². The molecule has 0 spiro atoms. The number of carboxylic acid groups (broad SMARTS) is 1. The lowest BCUT2D eigenvalue weighted by atomic mass is 10.1. The molecule has 1 aliphatic carbocycles. The standard InChI is InChI=1S/C16H18N2O4S/c1-4-10-8(3)23-15(11(10)16(20)21)18-13(19)12-7(2)17-14(22-12)9-5-6-9/h9H,4-6H2,1-3H3,(H,18,19)(H,20,21). The van der Waals surface area contributed by atoms with Gasteiger partial charge >= 0.3 is 5.97 Å². The first kappa shape index (κ1) is 15.7. The van der Waals surface area contributed by atoms with Gasteiger partial charge in [-0.25, -0.2) is 9.78 Å². The number of carboxylic acids is 1. The van der Waals surface area contributed by atoms with Crippen molar-refractivity contribution in [2.45, 2.75) is 46.0 Å². The Morgan fingerprint density at radius 2 is 2.09 bits per heavy atom. The van der Waals surface area contributed by atoms with Gasteiger partial charge in [0.25, 0.3) is 5.91 Å². The van der Waals surface area contributed by atoms with Crippen molar-refractivity contribution in [1.82, 2.24) is 4.98 Å². The summed E-state index contributed by atoms with van der Waals surface area (Å²) >= 11 is 1.27. The van der Waals surface area contributed by atoms with Gasteiger partial charge in [0.1, 0.15) is 5.00 Å². The average Bonchev–Trinajstić information content (AvgIpc) is 3.18. The first-order chi connectivity index (χ1) is 10.9. The SMILES string of the molecule is CCc1c(C)sc(NC(=O)c2oc(C3CC3)nc2C)c1C(=O)O. The highest BCUT2D eigenvalue weighted by molar-refractivity contribution is 7.16. The maximum atomic E-state index is 12.4. The number of anilines is 1. The molecule has 2 heterocycles.